The molecule has 0 aliphatic heterocycles. The first-order chi connectivity index (χ1) is 15.2. The van der Waals surface area contributed by atoms with E-state index in [9.17, 15) is 95.9 Å². The minimum atomic E-state index is -8.70. The fourth-order valence-corrected chi connectivity index (χ4v) is 6.51. The van der Waals surface area contributed by atoms with Gasteiger partial charge in [0.05, 0.1) is 0 Å². The number of rotatable bonds is 10. The quantitative estimate of drug-likeness (QED) is 0.365. The van der Waals surface area contributed by atoms with Gasteiger partial charge in [-0.15, -0.1) is 0 Å². The normalized spacial score (nSPS) is 16.6. The average molecular weight is 624 g/mol. The van der Waals surface area contributed by atoms with Crippen LogP contribution in [0.5, 0.6) is 0 Å². The maximum atomic E-state index is 13.8. The molecule has 0 aromatic heterocycles. The zero-order valence-corrected chi connectivity index (χ0v) is 17.3. The Kier molecular flexibility index (Phi) is 8.48. The second-order valence-corrected chi connectivity index (χ2v) is 11.0. The third-order valence-corrected chi connectivity index (χ3v) is 9.32. The van der Waals surface area contributed by atoms with E-state index in [0.29, 0.717) is 0 Å². The SMILES string of the molecule is O=S(=O)(C(CCO)S(=O)(=O)C(F)(F)C(F)(F)C(F)(F)C(F)(F)F)C(F)(F)C(F)(F)C(F)(F)C(F)(F)F. The van der Waals surface area contributed by atoms with E-state index in [4.69, 9.17) is 5.11 Å². The second-order valence-electron chi connectivity index (χ2n) is 6.36. The van der Waals surface area contributed by atoms with Crippen LogP contribution in [0.3, 0.4) is 0 Å². The largest absolute Gasteiger partial charge is 0.460 e. The van der Waals surface area contributed by atoms with Crippen LogP contribution in [0.15, 0.2) is 0 Å². The predicted molar refractivity (Wildman–Crippen MR) is 75.1 cm³/mol. The van der Waals surface area contributed by atoms with Crippen LogP contribution in [0.25, 0.3) is 0 Å². The van der Waals surface area contributed by atoms with Gasteiger partial charge in [-0.3, -0.25) is 0 Å². The van der Waals surface area contributed by atoms with E-state index in [2.05, 4.69) is 0 Å². The Balaban J connectivity index is 7.34. The minimum Gasteiger partial charge on any atom is -0.396 e. The Morgan fingerprint density at radius 1 is 0.472 bits per heavy atom. The van der Waals surface area contributed by atoms with Gasteiger partial charge in [-0.05, 0) is 0 Å². The summed E-state index contributed by atoms with van der Waals surface area (Å²) < 4.78 is 274. The molecule has 0 saturated carbocycles. The molecular formula is C11H6F18O5S2. The van der Waals surface area contributed by atoms with Crippen LogP contribution in [-0.4, -0.2) is 79.7 Å². The summed E-state index contributed by atoms with van der Waals surface area (Å²) in [6.45, 7) is -2.50. The molecule has 0 aliphatic carbocycles. The van der Waals surface area contributed by atoms with Gasteiger partial charge in [-0.25, -0.2) is 16.8 Å². The molecule has 5 nitrogen and oxygen atoms in total. The van der Waals surface area contributed by atoms with Crippen molar-refractivity contribution < 1.29 is 101 Å². The summed E-state index contributed by atoms with van der Waals surface area (Å²) in [7, 11) is -17.4. The lowest BCUT2D eigenvalue weighted by molar-refractivity contribution is -0.382. The van der Waals surface area contributed by atoms with Crippen LogP contribution in [0.2, 0.25) is 0 Å². The van der Waals surface area contributed by atoms with Crippen LogP contribution in [0, 0.1) is 0 Å². The zero-order chi connectivity index (χ0) is 30.0. The summed E-state index contributed by atoms with van der Waals surface area (Å²) >= 11 is 0. The molecule has 0 spiro atoms. The van der Waals surface area contributed by atoms with E-state index in [1.165, 1.54) is 0 Å². The van der Waals surface area contributed by atoms with Gasteiger partial charge in [0.15, 0.2) is 4.58 Å². The van der Waals surface area contributed by atoms with Crippen LogP contribution in [0.1, 0.15) is 6.42 Å². The lowest BCUT2D eigenvalue weighted by Gasteiger charge is -2.37. The van der Waals surface area contributed by atoms with Gasteiger partial charge in [0.1, 0.15) is 0 Å². The summed E-state index contributed by atoms with van der Waals surface area (Å²) in [5.74, 6) is -33.0. The summed E-state index contributed by atoms with van der Waals surface area (Å²) in [6.07, 6.45) is -18.6. The maximum absolute atomic E-state index is 13.8. The highest BCUT2D eigenvalue weighted by Gasteiger charge is 2.89. The van der Waals surface area contributed by atoms with Crippen molar-refractivity contribution in [1.82, 2.24) is 0 Å². The highest BCUT2D eigenvalue weighted by molar-refractivity contribution is 8.10. The number of hydrogen-bond acceptors (Lipinski definition) is 5. The first-order valence-electron chi connectivity index (χ1n) is 7.67. The van der Waals surface area contributed by atoms with Crippen LogP contribution in [-0.2, 0) is 19.7 Å². The van der Waals surface area contributed by atoms with Gasteiger partial charge in [0.25, 0.3) is 0 Å². The number of hydrogen-bond donors (Lipinski definition) is 1. The number of aliphatic hydroxyl groups excluding tert-OH is 1. The molecule has 0 unspecified atom stereocenters. The number of sulfone groups is 2. The Labute approximate surface area is 185 Å². The molecular weight excluding hydrogens is 618 g/mol. The molecule has 0 amide bonds. The molecule has 36 heavy (non-hydrogen) atoms. The lowest BCUT2D eigenvalue weighted by Crippen LogP contribution is -2.68. The third-order valence-electron chi connectivity index (χ3n) is 4.00. The standard InChI is InChI=1S/C11H6F18O5S2/c12-4(13,8(20,21)22)6(16,17)10(26,27)35(31,32)3(1-2-30)36(33,34)11(28,29)7(18,19)5(14,15)9(23,24)25/h3,30H,1-2H2. The molecule has 0 aromatic rings. The fraction of sp³-hybridized carbons (Fsp3) is 1.00. The highest BCUT2D eigenvalue weighted by atomic mass is 32.3. The molecule has 218 valence electrons. The molecule has 1 N–H and O–H groups in total. The van der Waals surface area contributed by atoms with Gasteiger partial charge in [0.2, 0.25) is 19.7 Å². The fourth-order valence-electron chi connectivity index (χ4n) is 1.99. The Morgan fingerprint density at radius 2 is 0.694 bits per heavy atom. The van der Waals surface area contributed by atoms with Crippen LogP contribution < -0.4 is 0 Å². The molecule has 0 heterocycles. The van der Waals surface area contributed by atoms with Gasteiger partial charge >= 0.3 is 46.6 Å². The Morgan fingerprint density at radius 3 is 0.861 bits per heavy atom. The summed E-state index contributed by atoms with van der Waals surface area (Å²) in [6, 6.07) is 0. The van der Waals surface area contributed by atoms with E-state index in [1.54, 1.807) is 0 Å². The smallest absolute Gasteiger partial charge is 0.396 e. The maximum Gasteiger partial charge on any atom is 0.460 e. The van der Waals surface area contributed by atoms with Crippen molar-refractivity contribution in [2.75, 3.05) is 6.61 Å². The Bertz CT molecular complexity index is 943. The monoisotopic (exact) mass is 624 g/mol. The van der Waals surface area contributed by atoms with E-state index in [-0.39, 0.29) is 0 Å². The van der Waals surface area contributed by atoms with E-state index >= 15 is 0 Å². The average Bonchev–Trinajstić information content (AvgIpc) is 2.62. The van der Waals surface area contributed by atoms with Gasteiger partial charge in [0, 0.05) is 13.0 Å². The zero-order valence-electron chi connectivity index (χ0n) is 15.7. The van der Waals surface area contributed by atoms with Crippen molar-refractivity contribution in [1.29, 1.82) is 0 Å². The van der Waals surface area contributed by atoms with E-state index < -0.39 is 83.8 Å². The molecule has 0 rings (SSSR count). The van der Waals surface area contributed by atoms with Gasteiger partial charge in [-0.1, -0.05) is 0 Å². The molecule has 25 heteroatoms. The van der Waals surface area contributed by atoms with Gasteiger partial charge < -0.3 is 5.11 Å². The molecule has 0 radical (unpaired) electrons. The third kappa shape index (κ3) is 4.44. The molecule has 0 aromatic carbocycles. The predicted octanol–water partition coefficient (Wildman–Crippen LogP) is 4.38. The molecule has 0 saturated heterocycles. The van der Waals surface area contributed by atoms with Gasteiger partial charge in [-0.2, -0.15) is 79.0 Å². The molecule has 0 aliphatic rings. The highest BCUT2D eigenvalue weighted by Crippen LogP contribution is 2.59. The Hall–Kier alpha value is -1.40. The number of alkyl halides is 18. The first-order valence-corrected chi connectivity index (χ1v) is 10.8. The van der Waals surface area contributed by atoms with E-state index in [1.807, 2.05) is 0 Å². The lowest BCUT2D eigenvalue weighted by atomic mass is 10.1. The van der Waals surface area contributed by atoms with Crippen molar-refractivity contribution in [3.63, 3.8) is 0 Å². The number of aliphatic hydroxyl groups is 1. The van der Waals surface area contributed by atoms with Crippen LogP contribution >= 0.6 is 0 Å². The number of halogens is 18. The van der Waals surface area contributed by atoms with Crippen molar-refractivity contribution in [3.05, 3.63) is 0 Å². The second kappa shape index (κ2) is 8.83. The summed E-state index contributed by atoms with van der Waals surface area (Å²) in [5.41, 5.74) is 0. The molecule has 0 atom stereocenters. The molecule has 0 bridgehead atoms. The van der Waals surface area contributed by atoms with Crippen molar-refractivity contribution >= 4 is 19.7 Å². The topological polar surface area (TPSA) is 88.5 Å². The molecule has 0 fully saturated rings. The summed E-state index contributed by atoms with van der Waals surface area (Å²) in [5, 5.41) is -7.95. The minimum absolute atomic E-state index is 2.50. The first kappa shape index (κ1) is 34.6. The van der Waals surface area contributed by atoms with Crippen LogP contribution in [0.4, 0.5) is 79.0 Å². The van der Waals surface area contributed by atoms with Crippen molar-refractivity contribution in [2.45, 2.75) is 57.6 Å². The van der Waals surface area contributed by atoms with Crippen molar-refractivity contribution in [3.8, 4) is 0 Å². The van der Waals surface area contributed by atoms with E-state index in [0.717, 1.165) is 0 Å². The summed E-state index contributed by atoms with van der Waals surface area (Å²) in [4.78, 5) is 0. The van der Waals surface area contributed by atoms with Crippen molar-refractivity contribution in [2.24, 2.45) is 0 Å².